The molecule has 2 aromatic rings. The molecule has 1 heterocycles. The summed E-state index contributed by atoms with van der Waals surface area (Å²) >= 11 is 5.85. The van der Waals surface area contributed by atoms with Crippen LogP contribution in [0.2, 0.25) is 5.02 Å². The number of rotatable bonds is 4. The van der Waals surface area contributed by atoms with Gasteiger partial charge in [-0.15, -0.1) is 10.2 Å². The van der Waals surface area contributed by atoms with Gasteiger partial charge >= 0.3 is 11.8 Å². The van der Waals surface area contributed by atoms with E-state index in [1.165, 1.54) is 6.42 Å². The van der Waals surface area contributed by atoms with Crippen molar-refractivity contribution in [2.75, 3.05) is 0 Å². The molecule has 0 saturated heterocycles. The molecule has 0 radical (unpaired) electrons. The van der Waals surface area contributed by atoms with E-state index in [0.29, 0.717) is 17.3 Å². The maximum Gasteiger partial charge on any atom is 0.309 e. The predicted octanol–water partition coefficient (Wildman–Crippen LogP) is 3.38. The largest absolute Gasteiger partial charge is 0.417 e. The number of amides is 1. The SMILES string of the molecule is O=C(NC1CCCCC1)c1nnc(Cc2ccc(Cl)cc2)o1. The van der Waals surface area contributed by atoms with Crippen LogP contribution < -0.4 is 5.32 Å². The van der Waals surface area contributed by atoms with Crippen molar-refractivity contribution < 1.29 is 9.21 Å². The molecule has 116 valence electrons. The highest BCUT2D eigenvalue weighted by Gasteiger charge is 2.20. The average Bonchev–Trinajstić information content (AvgIpc) is 2.99. The van der Waals surface area contributed by atoms with Crippen LogP contribution in [0.4, 0.5) is 0 Å². The first-order chi connectivity index (χ1) is 10.7. The van der Waals surface area contributed by atoms with Gasteiger partial charge in [0.05, 0.1) is 6.42 Å². The van der Waals surface area contributed by atoms with Crippen LogP contribution in [0.1, 0.15) is 54.2 Å². The third kappa shape index (κ3) is 3.85. The first kappa shape index (κ1) is 15.0. The number of nitrogens with zero attached hydrogens (tertiary/aromatic N) is 2. The number of carbonyl (C=O) groups excluding carboxylic acids is 1. The molecule has 0 unspecified atom stereocenters. The second kappa shape index (κ2) is 6.92. The van der Waals surface area contributed by atoms with Gasteiger partial charge in [0.2, 0.25) is 5.89 Å². The molecule has 1 N–H and O–H groups in total. The summed E-state index contributed by atoms with van der Waals surface area (Å²) in [6.07, 6.45) is 6.11. The minimum absolute atomic E-state index is 0.0366. The highest BCUT2D eigenvalue weighted by Crippen LogP contribution is 2.18. The van der Waals surface area contributed by atoms with Crippen LogP contribution in [0.15, 0.2) is 28.7 Å². The van der Waals surface area contributed by atoms with Crippen molar-refractivity contribution in [3.63, 3.8) is 0 Å². The van der Waals surface area contributed by atoms with Crippen molar-refractivity contribution in [3.8, 4) is 0 Å². The minimum Gasteiger partial charge on any atom is -0.417 e. The summed E-state index contributed by atoms with van der Waals surface area (Å²) in [7, 11) is 0. The van der Waals surface area contributed by atoms with Gasteiger partial charge < -0.3 is 9.73 Å². The molecule has 0 atom stereocenters. The van der Waals surface area contributed by atoms with Gasteiger partial charge in [0, 0.05) is 11.1 Å². The summed E-state index contributed by atoms with van der Waals surface area (Å²) in [5, 5.41) is 11.4. The van der Waals surface area contributed by atoms with Crippen LogP contribution in [-0.4, -0.2) is 22.1 Å². The molecular formula is C16H18ClN3O2. The number of aromatic nitrogens is 2. The van der Waals surface area contributed by atoms with E-state index in [1.807, 2.05) is 24.3 Å². The number of halogens is 1. The van der Waals surface area contributed by atoms with Crippen LogP contribution in [0.3, 0.4) is 0 Å². The Morgan fingerprint density at radius 2 is 1.91 bits per heavy atom. The van der Waals surface area contributed by atoms with E-state index in [4.69, 9.17) is 16.0 Å². The second-order valence-corrected chi connectivity index (χ2v) is 6.05. The molecule has 3 rings (SSSR count). The van der Waals surface area contributed by atoms with Crippen LogP contribution in [0, 0.1) is 0 Å². The predicted molar refractivity (Wildman–Crippen MR) is 82.9 cm³/mol. The number of carbonyl (C=O) groups is 1. The number of benzene rings is 1. The van der Waals surface area contributed by atoms with E-state index in [9.17, 15) is 4.79 Å². The Bertz CT molecular complexity index is 633. The molecule has 1 aromatic heterocycles. The molecule has 0 bridgehead atoms. The highest BCUT2D eigenvalue weighted by atomic mass is 35.5. The van der Waals surface area contributed by atoms with Crippen molar-refractivity contribution in [1.29, 1.82) is 0 Å². The maximum absolute atomic E-state index is 12.1. The van der Waals surface area contributed by atoms with Crippen LogP contribution >= 0.6 is 11.6 Å². The summed E-state index contributed by atoms with van der Waals surface area (Å²) in [5.41, 5.74) is 1.01. The standard InChI is InChI=1S/C16H18ClN3O2/c17-12-8-6-11(7-9-12)10-14-19-20-16(22-14)15(21)18-13-4-2-1-3-5-13/h6-9,13H,1-5,10H2,(H,18,21). The molecule has 5 nitrogen and oxygen atoms in total. The second-order valence-electron chi connectivity index (χ2n) is 5.61. The monoisotopic (exact) mass is 319 g/mol. The van der Waals surface area contributed by atoms with Crippen molar-refractivity contribution in [1.82, 2.24) is 15.5 Å². The Labute approximate surface area is 134 Å². The lowest BCUT2D eigenvalue weighted by atomic mass is 9.95. The van der Waals surface area contributed by atoms with E-state index < -0.39 is 0 Å². The lowest BCUT2D eigenvalue weighted by Gasteiger charge is -2.21. The Balaban J connectivity index is 1.60. The summed E-state index contributed by atoms with van der Waals surface area (Å²) in [5.74, 6) is 0.187. The molecule has 1 saturated carbocycles. The quantitative estimate of drug-likeness (QED) is 0.938. The molecule has 1 aromatic carbocycles. The first-order valence-corrected chi connectivity index (χ1v) is 7.96. The van der Waals surface area contributed by atoms with E-state index in [-0.39, 0.29) is 17.8 Å². The van der Waals surface area contributed by atoms with Crippen molar-refractivity contribution in [3.05, 3.63) is 46.6 Å². The number of hydrogen-bond acceptors (Lipinski definition) is 4. The average molecular weight is 320 g/mol. The Morgan fingerprint density at radius 3 is 2.64 bits per heavy atom. The van der Waals surface area contributed by atoms with E-state index >= 15 is 0 Å². The lowest BCUT2D eigenvalue weighted by molar-refractivity contribution is 0.0891. The lowest BCUT2D eigenvalue weighted by Crippen LogP contribution is -2.36. The Hall–Kier alpha value is -1.88. The van der Waals surface area contributed by atoms with Gasteiger partial charge in [-0.2, -0.15) is 0 Å². The van der Waals surface area contributed by atoms with Gasteiger partial charge in [-0.05, 0) is 30.5 Å². The zero-order valence-corrected chi connectivity index (χ0v) is 13.0. The zero-order chi connectivity index (χ0) is 15.4. The maximum atomic E-state index is 12.1. The molecule has 1 aliphatic carbocycles. The zero-order valence-electron chi connectivity index (χ0n) is 12.2. The van der Waals surface area contributed by atoms with Crippen molar-refractivity contribution in [2.24, 2.45) is 0 Å². The van der Waals surface area contributed by atoms with Gasteiger partial charge in [-0.1, -0.05) is 43.0 Å². The summed E-state index contributed by atoms with van der Waals surface area (Å²) in [4.78, 5) is 12.1. The van der Waals surface area contributed by atoms with Gasteiger partial charge in [-0.3, -0.25) is 4.79 Å². The molecule has 1 fully saturated rings. The summed E-state index contributed by atoms with van der Waals surface area (Å²) < 4.78 is 5.45. The van der Waals surface area contributed by atoms with Crippen LogP contribution in [0.5, 0.6) is 0 Å². The molecule has 22 heavy (non-hydrogen) atoms. The number of hydrogen-bond donors (Lipinski definition) is 1. The van der Waals surface area contributed by atoms with Gasteiger partial charge in [0.15, 0.2) is 0 Å². The molecule has 0 aliphatic heterocycles. The van der Waals surface area contributed by atoms with Crippen molar-refractivity contribution >= 4 is 17.5 Å². The summed E-state index contributed by atoms with van der Waals surface area (Å²) in [6.45, 7) is 0. The van der Waals surface area contributed by atoms with E-state index in [2.05, 4.69) is 15.5 Å². The molecular weight excluding hydrogens is 302 g/mol. The molecule has 0 spiro atoms. The fourth-order valence-corrected chi connectivity index (χ4v) is 2.81. The first-order valence-electron chi connectivity index (χ1n) is 7.58. The van der Waals surface area contributed by atoms with E-state index in [0.717, 1.165) is 31.2 Å². The molecule has 1 amide bonds. The fourth-order valence-electron chi connectivity index (χ4n) is 2.69. The third-order valence-corrected chi connectivity index (χ3v) is 4.12. The van der Waals surface area contributed by atoms with Gasteiger partial charge in [0.25, 0.3) is 0 Å². The molecule has 6 heteroatoms. The number of nitrogens with one attached hydrogen (secondary N) is 1. The fraction of sp³-hybridized carbons (Fsp3) is 0.438. The Kier molecular flexibility index (Phi) is 4.73. The minimum atomic E-state index is -0.276. The van der Waals surface area contributed by atoms with Gasteiger partial charge in [0.1, 0.15) is 0 Å². The smallest absolute Gasteiger partial charge is 0.309 e. The summed E-state index contributed by atoms with van der Waals surface area (Å²) in [6, 6.07) is 7.64. The molecule has 1 aliphatic rings. The van der Waals surface area contributed by atoms with Gasteiger partial charge in [-0.25, -0.2) is 0 Å². The van der Waals surface area contributed by atoms with Crippen molar-refractivity contribution in [2.45, 2.75) is 44.6 Å². The highest BCUT2D eigenvalue weighted by molar-refractivity contribution is 6.30. The van der Waals surface area contributed by atoms with Crippen LogP contribution in [0.25, 0.3) is 0 Å². The van der Waals surface area contributed by atoms with E-state index in [1.54, 1.807) is 0 Å². The normalized spacial score (nSPS) is 15.7. The van der Waals surface area contributed by atoms with Crippen LogP contribution in [-0.2, 0) is 6.42 Å². The Morgan fingerprint density at radius 1 is 1.18 bits per heavy atom. The third-order valence-electron chi connectivity index (χ3n) is 3.87. The topological polar surface area (TPSA) is 68.0 Å².